The number of para-hydroxylation sites is 1. The molecule has 1 saturated heterocycles. The van der Waals surface area contributed by atoms with Gasteiger partial charge in [0.05, 0.1) is 30.3 Å². The molecule has 3 aromatic carbocycles. The van der Waals surface area contributed by atoms with E-state index in [-0.39, 0.29) is 17.5 Å². The van der Waals surface area contributed by atoms with Crippen LogP contribution < -0.4 is 9.47 Å². The van der Waals surface area contributed by atoms with E-state index >= 15 is 4.39 Å². The van der Waals surface area contributed by atoms with Crippen LogP contribution in [0.1, 0.15) is 42.5 Å². The summed E-state index contributed by atoms with van der Waals surface area (Å²) in [6.45, 7) is 6.74. The zero-order valence-corrected chi connectivity index (χ0v) is 26.1. The molecule has 1 N–H and O–H groups in total. The highest BCUT2D eigenvalue weighted by Gasteiger charge is 2.42. The van der Waals surface area contributed by atoms with Crippen molar-refractivity contribution in [2.45, 2.75) is 51.7 Å². The minimum Gasteiger partial charge on any atom is -0.444 e. The average molecular weight is 645 g/mol. The quantitative estimate of drug-likeness (QED) is 0.209. The summed E-state index contributed by atoms with van der Waals surface area (Å²) in [7, 11) is 0. The van der Waals surface area contributed by atoms with E-state index < -0.39 is 11.6 Å². The normalized spacial score (nSPS) is 21.1. The van der Waals surface area contributed by atoms with Crippen molar-refractivity contribution in [3.63, 3.8) is 0 Å². The standard InChI is InChI=1S/C34H31ClF2N6O3/c1-19-38-33(41-40-19)21-14-27(37)31-28(15-21)39-30(43(31)17-23-10-13-44-23)18-42-11-8-20(9-12-42)24-4-3-5-29-32(24)46-34(2,45-29)25-7-6-22(35)16-26(25)36/h3-8,14-16,23H,9-13,17-18H2,1-2H3,(H,38,40,41)/t23-,34?/m0/s1. The summed E-state index contributed by atoms with van der Waals surface area (Å²) in [6, 6.07) is 13.6. The second-order valence-corrected chi connectivity index (χ2v) is 12.6. The van der Waals surface area contributed by atoms with Crippen molar-refractivity contribution < 1.29 is 23.0 Å². The molecule has 5 aromatic rings. The lowest BCUT2D eigenvalue weighted by Gasteiger charge is -2.29. The highest BCUT2D eigenvalue weighted by molar-refractivity contribution is 6.30. The van der Waals surface area contributed by atoms with E-state index in [2.05, 4.69) is 26.2 Å². The molecule has 0 aliphatic carbocycles. The number of ether oxygens (including phenoxy) is 3. The molecule has 236 valence electrons. The molecule has 3 aliphatic rings. The lowest BCUT2D eigenvalue weighted by atomic mass is 9.98. The van der Waals surface area contributed by atoms with Gasteiger partial charge in [0.1, 0.15) is 28.8 Å². The maximum atomic E-state index is 15.7. The van der Waals surface area contributed by atoms with Crippen LogP contribution >= 0.6 is 11.6 Å². The van der Waals surface area contributed by atoms with Gasteiger partial charge < -0.3 is 23.8 Å². The van der Waals surface area contributed by atoms with Gasteiger partial charge in [0.25, 0.3) is 5.79 Å². The first-order valence-corrected chi connectivity index (χ1v) is 15.7. The molecule has 0 radical (unpaired) electrons. The maximum absolute atomic E-state index is 15.7. The highest BCUT2D eigenvalue weighted by atomic mass is 35.5. The number of hydrogen-bond acceptors (Lipinski definition) is 7. The van der Waals surface area contributed by atoms with Gasteiger partial charge in [0, 0.05) is 42.8 Å². The largest absolute Gasteiger partial charge is 0.444 e. The SMILES string of the molecule is Cc1nnc(-c2cc(F)c3c(c2)nc(CN2CC=C(c4cccc5c4OC(C)(c4ccc(Cl)cc4F)O5)CC2)n3C[C@@H]2CCO2)[nH]1. The third kappa shape index (κ3) is 5.12. The number of nitrogens with one attached hydrogen (secondary N) is 1. The molecule has 0 bridgehead atoms. The third-order valence-electron chi connectivity index (χ3n) is 8.93. The lowest BCUT2D eigenvalue weighted by Crippen LogP contribution is -2.34. The molecule has 0 saturated carbocycles. The third-order valence-corrected chi connectivity index (χ3v) is 9.17. The Morgan fingerprint density at radius 1 is 1.09 bits per heavy atom. The number of fused-ring (bicyclic) bond motifs is 2. The lowest BCUT2D eigenvalue weighted by molar-refractivity contribution is -0.0708. The molecule has 0 spiro atoms. The van der Waals surface area contributed by atoms with Crippen LogP contribution in [0.4, 0.5) is 8.78 Å². The predicted molar refractivity (Wildman–Crippen MR) is 168 cm³/mol. The number of imidazole rings is 1. The molecule has 1 unspecified atom stereocenters. The predicted octanol–water partition coefficient (Wildman–Crippen LogP) is 6.78. The van der Waals surface area contributed by atoms with Crippen molar-refractivity contribution in [1.29, 1.82) is 0 Å². The Kier molecular flexibility index (Phi) is 7.08. The Morgan fingerprint density at radius 3 is 2.67 bits per heavy atom. The van der Waals surface area contributed by atoms with Crippen LogP contribution in [0.2, 0.25) is 5.02 Å². The van der Waals surface area contributed by atoms with E-state index in [4.69, 9.17) is 30.8 Å². The molecule has 8 rings (SSSR count). The fourth-order valence-corrected chi connectivity index (χ4v) is 6.63. The van der Waals surface area contributed by atoms with E-state index in [0.29, 0.717) is 64.4 Å². The molecule has 12 heteroatoms. The Bertz CT molecular complexity index is 2020. The first-order chi connectivity index (χ1) is 22.2. The van der Waals surface area contributed by atoms with Crippen LogP contribution in [0, 0.1) is 18.6 Å². The summed E-state index contributed by atoms with van der Waals surface area (Å²) in [5.41, 5.74) is 3.95. The zero-order chi connectivity index (χ0) is 31.6. The fourth-order valence-electron chi connectivity index (χ4n) is 6.47. The number of halogens is 3. The first kappa shape index (κ1) is 29.1. The topological polar surface area (TPSA) is 90.3 Å². The van der Waals surface area contributed by atoms with E-state index in [1.165, 1.54) is 12.1 Å². The summed E-state index contributed by atoms with van der Waals surface area (Å²) in [5, 5.41) is 8.46. The van der Waals surface area contributed by atoms with Gasteiger partial charge in [-0.2, -0.15) is 0 Å². The number of H-pyrrole nitrogens is 1. The Labute approximate surface area is 268 Å². The average Bonchev–Trinajstić information content (AvgIpc) is 3.69. The number of hydrogen-bond donors (Lipinski definition) is 1. The number of nitrogens with zero attached hydrogens (tertiary/aromatic N) is 5. The van der Waals surface area contributed by atoms with Gasteiger partial charge in [-0.25, -0.2) is 13.8 Å². The second-order valence-electron chi connectivity index (χ2n) is 12.1. The van der Waals surface area contributed by atoms with Gasteiger partial charge in [-0.15, -0.1) is 10.2 Å². The van der Waals surface area contributed by atoms with Gasteiger partial charge in [-0.1, -0.05) is 29.8 Å². The summed E-state index contributed by atoms with van der Waals surface area (Å²) in [6.07, 6.45) is 3.90. The van der Waals surface area contributed by atoms with Crippen LogP contribution in [0.15, 0.2) is 54.6 Å². The first-order valence-electron chi connectivity index (χ1n) is 15.3. The van der Waals surface area contributed by atoms with Gasteiger partial charge in [0.15, 0.2) is 17.3 Å². The maximum Gasteiger partial charge on any atom is 0.278 e. The molecule has 2 atom stereocenters. The zero-order valence-electron chi connectivity index (χ0n) is 25.3. The molecule has 9 nitrogen and oxygen atoms in total. The van der Waals surface area contributed by atoms with Crippen molar-refractivity contribution >= 4 is 28.2 Å². The van der Waals surface area contributed by atoms with Crippen molar-refractivity contribution in [3.05, 3.63) is 94.0 Å². The number of aromatic nitrogens is 5. The smallest absolute Gasteiger partial charge is 0.278 e. The van der Waals surface area contributed by atoms with Crippen molar-refractivity contribution in [1.82, 2.24) is 29.6 Å². The summed E-state index contributed by atoms with van der Waals surface area (Å²) in [5.74, 6) is 0.934. The number of rotatable bonds is 7. The van der Waals surface area contributed by atoms with Gasteiger partial charge >= 0.3 is 0 Å². The van der Waals surface area contributed by atoms with Crippen molar-refractivity contribution in [2.75, 3.05) is 19.7 Å². The molecular formula is C34H31ClF2N6O3. The van der Waals surface area contributed by atoms with Crippen LogP contribution in [0.25, 0.3) is 28.0 Å². The van der Waals surface area contributed by atoms with Gasteiger partial charge in [0.2, 0.25) is 0 Å². The molecular weight excluding hydrogens is 614 g/mol. The fraction of sp³-hybridized carbons (Fsp3) is 0.324. The summed E-state index contributed by atoms with van der Waals surface area (Å²) >= 11 is 5.98. The minimum atomic E-state index is -1.32. The molecule has 2 aromatic heterocycles. The van der Waals surface area contributed by atoms with Crippen LogP contribution in [-0.2, 0) is 23.6 Å². The Balaban J connectivity index is 1.05. The molecule has 46 heavy (non-hydrogen) atoms. The van der Waals surface area contributed by atoms with Gasteiger partial charge in [-0.3, -0.25) is 4.90 Å². The second kappa shape index (κ2) is 11.2. The van der Waals surface area contributed by atoms with Crippen molar-refractivity contribution in [2.24, 2.45) is 0 Å². The van der Waals surface area contributed by atoms with Gasteiger partial charge in [-0.05, 0) is 61.7 Å². The molecule has 5 heterocycles. The molecule has 1 fully saturated rings. The van der Waals surface area contributed by atoms with Crippen molar-refractivity contribution in [3.8, 4) is 22.9 Å². The number of benzene rings is 3. The number of aryl methyl sites for hydroxylation is 1. The summed E-state index contributed by atoms with van der Waals surface area (Å²) < 4.78 is 50.7. The number of aromatic amines is 1. The molecule has 0 amide bonds. The highest BCUT2D eigenvalue weighted by Crippen LogP contribution is 2.49. The molecule has 3 aliphatic heterocycles. The van der Waals surface area contributed by atoms with E-state index in [1.807, 2.05) is 28.8 Å². The van der Waals surface area contributed by atoms with E-state index in [0.717, 1.165) is 43.0 Å². The van der Waals surface area contributed by atoms with E-state index in [9.17, 15) is 4.39 Å². The Morgan fingerprint density at radius 2 is 1.96 bits per heavy atom. The monoisotopic (exact) mass is 644 g/mol. The minimum absolute atomic E-state index is 0.0365. The van der Waals surface area contributed by atoms with Crippen LogP contribution in [0.3, 0.4) is 0 Å². The van der Waals surface area contributed by atoms with E-state index in [1.54, 1.807) is 26.0 Å². The summed E-state index contributed by atoms with van der Waals surface area (Å²) in [4.78, 5) is 10.3. The van der Waals surface area contributed by atoms with Crippen LogP contribution in [0.5, 0.6) is 11.5 Å². The Hall–Kier alpha value is -4.32. The van der Waals surface area contributed by atoms with Crippen LogP contribution in [-0.4, -0.2) is 55.4 Å².